The SMILES string of the molecule is CCCC(CCC)S(=O)(=O)C[C@H](NC(=O)C1CCNCC1)C(=O)O. The number of carboxylic acids is 1. The summed E-state index contributed by atoms with van der Waals surface area (Å²) in [5, 5.41) is 14.4. The van der Waals surface area contributed by atoms with E-state index in [4.69, 9.17) is 0 Å². The van der Waals surface area contributed by atoms with Crippen molar-refractivity contribution in [2.45, 2.75) is 63.7 Å². The summed E-state index contributed by atoms with van der Waals surface area (Å²) in [5.41, 5.74) is 0. The molecule has 1 heterocycles. The Morgan fingerprint density at radius 2 is 1.71 bits per heavy atom. The molecule has 1 atom stereocenters. The molecule has 0 saturated carbocycles. The fourth-order valence-corrected chi connectivity index (χ4v) is 5.22. The van der Waals surface area contributed by atoms with Gasteiger partial charge < -0.3 is 15.7 Å². The van der Waals surface area contributed by atoms with Crippen LogP contribution in [0.4, 0.5) is 0 Å². The minimum absolute atomic E-state index is 0.252. The largest absolute Gasteiger partial charge is 0.480 e. The highest BCUT2D eigenvalue weighted by Crippen LogP contribution is 2.17. The maximum atomic E-state index is 12.6. The Kier molecular flexibility index (Phi) is 8.69. The standard InChI is InChI=1S/C16H30N2O5S/c1-3-5-13(6-4-2)24(22,23)11-14(16(20)21)18-15(19)12-7-9-17-10-8-12/h12-14,17H,3-11H2,1-2H3,(H,18,19)(H,20,21)/t14-/m0/s1. The minimum atomic E-state index is -3.58. The summed E-state index contributed by atoms with van der Waals surface area (Å²) in [5.74, 6) is -2.45. The van der Waals surface area contributed by atoms with Crippen molar-refractivity contribution in [3.05, 3.63) is 0 Å². The van der Waals surface area contributed by atoms with E-state index in [0.29, 0.717) is 38.8 Å². The molecule has 24 heavy (non-hydrogen) atoms. The average Bonchev–Trinajstić information content (AvgIpc) is 2.54. The first-order chi connectivity index (χ1) is 11.3. The van der Waals surface area contributed by atoms with Gasteiger partial charge in [0.05, 0.1) is 11.0 Å². The highest BCUT2D eigenvalue weighted by molar-refractivity contribution is 7.92. The van der Waals surface area contributed by atoms with Crippen LogP contribution in [0.15, 0.2) is 0 Å². The lowest BCUT2D eigenvalue weighted by molar-refractivity contribution is -0.141. The number of carbonyl (C=O) groups is 2. The van der Waals surface area contributed by atoms with Crippen LogP contribution < -0.4 is 10.6 Å². The average molecular weight is 362 g/mol. The Bertz CT molecular complexity index is 509. The first kappa shape index (κ1) is 20.9. The summed E-state index contributed by atoms with van der Waals surface area (Å²) < 4.78 is 25.1. The van der Waals surface area contributed by atoms with Crippen molar-refractivity contribution in [2.24, 2.45) is 5.92 Å². The summed E-state index contributed by atoms with van der Waals surface area (Å²) in [6.07, 6.45) is 3.76. The molecule has 0 unspecified atom stereocenters. The summed E-state index contributed by atoms with van der Waals surface area (Å²) >= 11 is 0. The van der Waals surface area contributed by atoms with Crippen LogP contribution in [0.2, 0.25) is 0 Å². The molecule has 1 fully saturated rings. The van der Waals surface area contributed by atoms with Crippen molar-refractivity contribution in [1.29, 1.82) is 0 Å². The van der Waals surface area contributed by atoms with Gasteiger partial charge in [0, 0.05) is 5.92 Å². The molecule has 1 rings (SSSR count). The third kappa shape index (κ3) is 6.39. The number of nitrogens with one attached hydrogen (secondary N) is 2. The summed E-state index contributed by atoms with van der Waals surface area (Å²) in [4.78, 5) is 23.7. The number of sulfone groups is 1. The highest BCUT2D eigenvalue weighted by atomic mass is 32.2. The lowest BCUT2D eigenvalue weighted by atomic mass is 9.97. The summed E-state index contributed by atoms with van der Waals surface area (Å²) in [7, 11) is -3.58. The molecule has 0 bridgehead atoms. The Morgan fingerprint density at radius 1 is 1.17 bits per heavy atom. The van der Waals surface area contributed by atoms with Crippen LogP contribution in [0.25, 0.3) is 0 Å². The van der Waals surface area contributed by atoms with Crippen molar-refractivity contribution < 1.29 is 23.1 Å². The molecular formula is C16H30N2O5S. The van der Waals surface area contributed by atoms with Gasteiger partial charge in [0.2, 0.25) is 5.91 Å². The normalized spacial score (nSPS) is 17.6. The Morgan fingerprint density at radius 3 is 2.17 bits per heavy atom. The molecule has 0 aromatic rings. The molecule has 8 heteroatoms. The van der Waals surface area contributed by atoms with E-state index in [9.17, 15) is 23.1 Å². The van der Waals surface area contributed by atoms with Gasteiger partial charge in [-0.2, -0.15) is 0 Å². The van der Waals surface area contributed by atoms with Crippen molar-refractivity contribution in [3.8, 4) is 0 Å². The zero-order valence-corrected chi connectivity index (χ0v) is 15.4. The van der Waals surface area contributed by atoms with E-state index >= 15 is 0 Å². The number of hydrogen-bond donors (Lipinski definition) is 3. The predicted molar refractivity (Wildman–Crippen MR) is 92.6 cm³/mol. The van der Waals surface area contributed by atoms with Gasteiger partial charge in [0.25, 0.3) is 0 Å². The number of hydrogen-bond acceptors (Lipinski definition) is 5. The Balaban J connectivity index is 2.76. The van der Waals surface area contributed by atoms with Gasteiger partial charge in [-0.25, -0.2) is 13.2 Å². The van der Waals surface area contributed by atoms with E-state index in [0.717, 1.165) is 12.8 Å². The third-order valence-corrected chi connectivity index (χ3v) is 6.74. The first-order valence-corrected chi connectivity index (χ1v) is 10.5. The smallest absolute Gasteiger partial charge is 0.327 e. The van der Waals surface area contributed by atoms with Crippen molar-refractivity contribution >= 4 is 21.7 Å². The number of carbonyl (C=O) groups excluding carboxylic acids is 1. The molecule has 7 nitrogen and oxygen atoms in total. The zero-order chi connectivity index (χ0) is 18.2. The summed E-state index contributed by atoms with van der Waals surface area (Å²) in [6.45, 7) is 5.24. The molecule has 0 aliphatic carbocycles. The fourth-order valence-electron chi connectivity index (χ4n) is 3.06. The molecule has 1 aliphatic heterocycles. The molecule has 1 amide bonds. The van der Waals surface area contributed by atoms with Crippen LogP contribution >= 0.6 is 0 Å². The number of carboxylic acid groups (broad SMARTS) is 1. The van der Waals surface area contributed by atoms with Gasteiger partial charge in [-0.05, 0) is 38.8 Å². The van der Waals surface area contributed by atoms with Crippen LogP contribution in [-0.2, 0) is 19.4 Å². The fraction of sp³-hybridized carbons (Fsp3) is 0.875. The summed E-state index contributed by atoms with van der Waals surface area (Å²) in [6, 6.07) is -1.38. The zero-order valence-electron chi connectivity index (χ0n) is 14.6. The second kappa shape index (κ2) is 9.98. The molecule has 0 radical (unpaired) electrons. The van der Waals surface area contributed by atoms with E-state index in [1.165, 1.54) is 0 Å². The van der Waals surface area contributed by atoms with Crippen molar-refractivity contribution in [1.82, 2.24) is 10.6 Å². The van der Waals surface area contributed by atoms with Crippen LogP contribution in [-0.4, -0.2) is 55.5 Å². The number of amides is 1. The second-order valence-electron chi connectivity index (χ2n) is 6.45. The van der Waals surface area contributed by atoms with Crippen molar-refractivity contribution in [2.75, 3.05) is 18.8 Å². The van der Waals surface area contributed by atoms with Gasteiger partial charge in [0.15, 0.2) is 9.84 Å². The van der Waals surface area contributed by atoms with Gasteiger partial charge in [-0.3, -0.25) is 4.79 Å². The molecule has 3 N–H and O–H groups in total. The minimum Gasteiger partial charge on any atom is -0.480 e. The van der Waals surface area contributed by atoms with Crippen LogP contribution in [0.5, 0.6) is 0 Å². The lowest BCUT2D eigenvalue weighted by Gasteiger charge is -2.25. The molecule has 140 valence electrons. The molecule has 1 saturated heterocycles. The van der Waals surface area contributed by atoms with Crippen LogP contribution in [0.3, 0.4) is 0 Å². The van der Waals surface area contributed by atoms with Gasteiger partial charge in [-0.15, -0.1) is 0 Å². The van der Waals surface area contributed by atoms with Crippen LogP contribution in [0, 0.1) is 5.92 Å². The predicted octanol–water partition coefficient (Wildman–Crippen LogP) is 0.939. The molecular weight excluding hydrogens is 332 g/mol. The van der Waals surface area contributed by atoms with Crippen LogP contribution in [0.1, 0.15) is 52.4 Å². The third-order valence-electron chi connectivity index (χ3n) is 4.45. The Hall–Kier alpha value is -1.15. The Labute approximate surface area is 144 Å². The highest BCUT2D eigenvalue weighted by Gasteiger charge is 2.33. The second-order valence-corrected chi connectivity index (χ2v) is 8.78. The van der Waals surface area contributed by atoms with Crippen molar-refractivity contribution in [3.63, 3.8) is 0 Å². The van der Waals surface area contributed by atoms with Gasteiger partial charge in [0.1, 0.15) is 6.04 Å². The van der Waals surface area contributed by atoms with E-state index in [-0.39, 0.29) is 11.8 Å². The monoisotopic (exact) mass is 362 g/mol. The van der Waals surface area contributed by atoms with E-state index in [2.05, 4.69) is 10.6 Å². The van der Waals surface area contributed by atoms with E-state index < -0.39 is 32.9 Å². The molecule has 0 aromatic carbocycles. The number of rotatable bonds is 10. The molecule has 0 spiro atoms. The van der Waals surface area contributed by atoms with Gasteiger partial charge in [-0.1, -0.05) is 26.7 Å². The maximum absolute atomic E-state index is 12.6. The van der Waals surface area contributed by atoms with E-state index in [1.807, 2.05) is 13.8 Å². The quantitative estimate of drug-likeness (QED) is 0.533. The van der Waals surface area contributed by atoms with E-state index in [1.54, 1.807) is 0 Å². The molecule has 0 aromatic heterocycles. The molecule has 1 aliphatic rings. The maximum Gasteiger partial charge on any atom is 0.327 e. The van der Waals surface area contributed by atoms with Gasteiger partial charge >= 0.3 is 5.97 Å². The topological polar surface area (TPSA) is 113 Å². The first-order valence-electron chi connectivity index (χ1n) is 8.77. The number of piperidine rings is 1. The lowest BCUT2D eigenvalue weighted by Crippen LogP contribution is -2.50. The number of aliphatic carboxylic acids is 1.